The summed E-state index contributed by atoms with van der Waals surface area (Å²) >= 11 is 0. The average Bonchev–Trinajstić information content (AvgIpc) is 2.91. The van der Waals surface area contributed by atoms with Crippen LogP contribution in [-0.2, 0) is 0 Å². The molecule has 0 bridgehead atoms. The number of pyridine rings is 2. The van der Waals surface area contributed by atoms with E-state index in [4.69, 9.17) is 9.47 Å². The summed E-state index contributed by atoms with van der Waals surface area (Å²) in [5.74, 6) is 1.24. The molecule has 0 unspecified atom stereocenters. The minimum absolute atomic E-state index is 0.607. The van der Waals surface area contributed by atoms with Crippen LogP contribution in [0.2, 0.25) is 0 Å². The van der Waals surface area contributed by atoms with E-state index in [1.54, 1.807) is 7.11 Å². The number of hydrogen-bond acceptors (Lipinski definition) is 6. The van der Waals surface area contributed by atoms with Crippen molar-refractivity contribution in [2.75, 3.05) is 44.8 Å². The summed E-state index contributed by atoms with van der Waals surface area (Å²) in [6.07, 6.45) is 2.93. The van der Waals surface area contributed by atoms with E-state index in [-0.39, 0.29) is 0 Å². The van der Waals surface area contributed by atoms with Crippen LogP contribution in [-0.4, -0.2) is 49.9 Å². The molecule has 3 rings (SSSR count). The first-order chi connectivity index (χ1) is 11.8. The molecule has 1 saturated heterocycles. The Hall–Kier alpha value is -2.34. The summed E-state index contributed by atoms with van der Waals surface area (Å²) < 4.78 is 10.7. The van der Waals surface area contributed by atoms with Crippen molar-refractivity contribution in [2.45, 2.75) is 13.3 Å². The zero-order valence-corrected chi connectivity index (χ0v) is 14.3. The molecular formula is C18H24N4O2. The number of methoxy groups -OCH3 is 1. The highest BCUT2D eigenvalue weighted by Crippen LogP contribution is 2.31. The Kier molecular flexibility index (Phi) is 5.48. The van der Waals surface area contributed by atoms with Gasteiger partial charge >= 0.3 is 0 Å². The van der Waals surface area contributed by atoms with Crippen molar-refractivity contribution in [1.29, 1.82) is 0 Å². The lowest BCUT2D eigenvalue weighted by molar-refractivity contribution is 0.327. The van der Waals surface area contributed by atoms with Crippen molar-refractivity contribution >= 4 is 5.69 Å². The van der Waals surface area contributed by atoms with Crippen LogP contribution in [0, 0.1) is 0 Å². The number of nitrogens with one attached hydrogen (secondary N) is 1. The number of rotatable bonds is 5. The van der Waals surface area contributed by atoms with Crippen molar-refractivity contribution in [3.05, 3.63) is 30.5 Å². The molecule has 0 aliphatic carbocycles. The molecule has 128 valence electrons. The highest BCUT2D eigenvalue weighted by Gasteiger charge is 2.17. The van der Waals surface area contributed by atoms with Gasteiger partial charge in [0.15, 0.2) is 0 Å². The van der Waals surface area contributed by atoms with Crippen molar-refractivity contribution in [1.82, 2.24) is 15.3 Å². The van der Waals surface area contributed by atoms with E-state index in [2.05, 4.69) is 26.3 Å². The summed E-state index contributed by atoms with van der Waals surface area (Å²) in [4.78, 5) is 11.4. The van der Waals surface area contributed by atoms with Gasteiger partial charge in [0.05, 0.1) is 25.1 Å². The van der Waals surface area contributed by atoms with E-state index in [1.165, 1.54) is 0 Å². The van der Waals surface area contributed by atoms with Gasteiger partial charge in [0, 0.05) is 43.5 Å². The van der Waals surface area contributed by atoms with Gasteiger partial charge in [-0.15, -0.1) is 0 Å². The Morgan fingerprint density at radius 1 is 1.12 bits per heavy atom. The van der Waals surface area contributed by atoms with Gasteiger partial charge in [0.2, 0.25) is 11.8 Å². The second-order valence-corrected chi connectivity index (χ2v) is 5.63. The summed E-state index contributed by atoms with van der Waals surface area (Å²) in [7, 11) is 1.64. The molecule has 0 spiro atoms. The third-order valence-electron chi connectivity index (χ3n) is 4.04. The van der Waals surface area contributed by atoms with Crippen LogP contribution < -0.4 is 19.7 Å². The minimum Gasteiger partial charge on any atom is -0.481 e. The number of aromatic nitrogens is 2. The SMILES string of the molecule is CCOc1ccc(-c2nc(OC)ccc2N2CCCNCC2)cn1. The quantitative estimate of drug-likeness (QED) is 0.909. The molecule has 1 aliphatic rings. The highest BCUT2D eigenvalue weighted by molar-refractivity contribution is 5.75. The van der Waals surface area contributed by atoms with Crippen molar-refractivity contribution in [3.63, 3.8) is 0 Å². The third kappa shape index (κ3) is 3.76. The van der Waals surface area contributed by atoms with Crippen LogP contribution in [0.1, 0.15) is 13.3 Å². The van der Waals surface area contributed by atoms with Gasteiger partial charge in [0.25, 0.3) is 0 Å². The molecule has 1 aliphatic heterocycles. The second-order valence-electron chi connectivity index (χ2n) is 5.63. The molecule has 6 heteroatoms. The van der Waals surface area contributed by atoms with E-state index in [1.807, 2.05) is 31.3 Å². The van der Waals surface area contributed by atoms with Crippen LogP contribution in [0.3, 0.4) is 0 Å². The monoisotopic (exact) mass is 328 g/mol. The van der Waals surface area contributed by atoms with Crippen molar-refractivity contribution in [2.24, 2.45) is 0 Å². The van der Waals surface area contributed by atoms with Gasteiger partial charge in [-0.25, -0.2) is 9.97 Å². The summed E-state index contributed by atoms with van der Waals surface area (Å²) in [5.41, 5.74) is 2.97. The average molecular weight is 328 g/mol. The predicted octanol–water partition coefficient (Wildman–Crippen LogP) is 2.35. The fraction of sp³-hybridized carbons (Fsp3) is 0.444. The molecule has 2 aromatic rings. The summed E-state index contributed by atoms with van der Waals surface area (Å²) in [6, 6.07) is 7.88. The molecule has 0 aromatic carbocycles. The van der Waals surface area contributed by atoms with Gasteiger partial charge in [0.1, 0.15) is 0 Å². The lowest BCUT2D eigenvalue weighted by Crippen LogP contribution is -2.28. The van der Waals surface area contributed by atoms with Gasteiger partial charge < -0.3 is 19.7 Å². The molecule has 1 fully saturated rings. The van der Waals surface area contributed by atoms with Crippen molar-refractivity contribution < 1.29 is 9.47 Å². The molecule has 0 amide bonds. The molecule has 3 heterocycles. The van der Waals surface area contributed by atoms with E-state index in [0.29, 0.717) is 18.4 Å². The number of ether oxygens (including phenoxy) is 2. The van der Waals surface area contributed by atoms with Crippen LogP contribution in [0.5, 0.6) is 11.8 Å². The predicted molar refractivity (Wildman–Crippen MR) is 94.9 cm³/mol. The Balaban J connectivity index is 1.97. The summed E-state index contributed by atoms with van der Waals surface area (Å²) in [5, 5.41) is 3.43. The normalized spacial score (nSPS) is 15.0. The van der Waals surface area contributed by atoms with Gasteiger partial charge in [-0.05, 0) is 32.0 Å². The fourth-order valence-electron chi connectivity index (χ4n) is 2.86. The molecule has 0 radical (unpaired) electrons. The van der Waals surface area contributed by atoms with Crippen LogP contribution >= 0.6 is 0 Å². The maximum absolute atomic E-state index is 5.43. The maximum Gasteiger partial charge on any atom is 0.213 e. The Labute approximate surface area is 142 Å². The lowest BCUT2D eigenvalue weighted by atomic mass is 10.1. The topological polar surface area (TPSA) is 59.5 Å². The smallest absolute Gasteiger partial charge is 0.213 e. The van der Waals surface area contributed by atoms with E-state index < -0.39 is 0 Å². The highest BCUT2D eigenvalue weighted by atomic mass is 16.5. The Bertz CT molecular complexity index is 653. The number of anilines is 1. The van der Waals surface area contributed by atoms with E-state index >= 15 is 0 Å². The van der Waals surface area contributed by atoms with Gasteiger partial charge in [-0.3, -0.25) is 0 Å². The van der Waals surface area contributed by atoms with E-state index in [0.717, 1.165) is 49.5 Å². The largest absolute Gasteiger partial charge is 0.481 e. The first-order valence-electron chi connectivity index (χ1n) is 8.41. The second kappa shape index (κ2) is 7.97. The maximum atomic E-state index is 5.43. The Morgan fingerprint density at radius 3 is 2.75 bits per heavy atom. The first-order valence-corrected chi connectivity index (χ1v) is 8.41. The summed E-state index contributed by atoms with van der Waals surface area (Å²) in [6.45, 7) is 6.57. The van der Waals surface area contributed by atoms with Crippen LogP contribution in [0.25, 0.3) is 11.3 Å². The molecule has 0 saturated carbocycles. The van der Waals surface area contributed by atoms with Crippen LogP contribution in [0.4, 0.5) is 5.69 Å². The molecule has 2 aromatic heterocycles. The van der Waals surface area contributed by atoms with Crippen LogP contribution in [0.15, 0.2) is 30.5 Å². The molecule has 0 atom stereocenters. The zero-order valence-electron chi connectivity index (χ0n) is 14.3. The molecular weight excluding hydrogens is 304 g/mol. The lowest BCUT2D eigenvalue weighted by Gasteiger charge is -2.25. The van der Waals surface area contributed by atoms with Crippen molar-refractivity contribution in [3.8, 4) is 23.0 Å². The fourth-order valence-corrected chi connectivity index (χ4v) is 2.86. The van der Waals surface area contributed by atoms with Gasteiger partial charge in [-0.2, -0.15) is 0 Å². The molecule has 6 nitrogen and oxygen atoms in total. The minimum atomic E-state index is 0.607. The van der Waals surface area contributed by atoms with E-state index in [9.17, 15) is 0 Å². The number of nitrogens with zero attached hydrogens (tertiary/aromatic N) is 3. The number of hydrogen-bond donors (Lipinski definition) is 1. The Morgan fingerprint density at radius 2 is 2.00 bits per heavy atom. The first kappa shape index (κ1) is 16.5. The third-order valence-corrected chi connectivity index (χ3v) is 4.04. The zero-order chi connectivity index (χ0) is 16.8. The standard InChI is InChI=1S/C18H24N4O2/c1-3-24-16-7-5-14(13-20-16)18-15(6-8-17(21-18)23-2)22-11-4-9-19-10-12-22/h5-8,13,19H,3-4,9-12H2,1-2H3. The van der Waals surface area contributed by atoms with Gasteiger partial charge in [-0.1, -0.05) is 0 Å². The molecule has 24 heavy (non-hydrogen) atoms. The molecule has 1 N–H and O–H groups in total.